The number of aromatic nitrogens is 5. The van der Waals surface area contributed by atoms with Gasteiger partial charge in [-0.15, -0.1) is 0 Å². The van der Waals surface area contributed by atoms with Gasteiger partial charge in [0.15, 0.2) is 5.65 Å². The number of sulfonamides is 1. The van der Waals surface area contributed by atoms with Crippen molar-refractivity contribution < 1.29 is 18.3 Å². The van der Waals surface area contributed by atoms with Gasteiger partial charge in [-0.1, -0.05) is 0 Å². The number of nitrogens with zero attached hydrogens (tertiary/aromatic N) is 6. The molecule has 0 bridgehead atoms. The zero-order chi connectivity index (χ0) is 20.9. The number of aliphatic carboxylic acids is 1. The van der Waals surface area contributed by atoms with Crippen molar-refractivity contribution >= 4 is 27.5 Å². The van der Waals surface area contributed by atoms with Crippen LogP contribution in [0.2, 0.25) is 0 Å². The smallest absolute Gasteiger partial charge is 0.322 e. The fourth-order valence-corrected chi connectivity index (χ4v) is 4.88. The average molecular weight is 419 g/mol. The summed E-state index contributed by atoms with van der Waals surface area (Å²) in [5.74, 6) is -1.05. The summed E-state index contributed by atoms with van der Waals surface area (Å²) in [6.45, 7) is 0.0365. The predicted molar refractivity (Wildman–Crippen MR) is 105 cm³/mol. The van der Waals surface area contributed by atoms with Gasteiger partial charge in [-0.2, -0.15) is 19.0 Å². The number of anilines is 1. The quantitative estimate of drug-likeness (QED) is 0.613. The van der Waals surface area contributed by atoms with E-state index in [0.29, 0.717) is 23.6 Å². The summed E-state index contributed by atoms with van der Waals surface area (Å²) in [6, 6.07) is 0.599. The number of nitrogen functional groups attached to an aromatic ring is 1. The average Bonchev–Trinajstić information content (AvgIpc) is 3.26. The zero-order valence-corrected chi connectivity index (χ0v) is 16.7. The number of carboxylic acids is 1. The molecule has 11 nitrogen and oxygen atoms in total. The third-order valence-electron chi connectivity index (χ3n) is 5.20. The van der Waals surface area contributed by atoms with Crippen LogP contribution in [0.3, 0.4) is 0 Å². The molecule has 2 unspecified atom stereocenters. The van der Waals surface area contributed by atoms with E-state index in [4.69, 9.17) is 10.7 Å². The number of carbonyl (C=O) groups is 1. The van der Waals surface area contributed by atoms with Gasteiger partial charge >= 0.3 is 5.97 Å². The summed E-state index contributed by atoms with van der Waals surface area (Å²) < 4.78 is 28.5. The number of aryl methyl sites for hydroxylation is 1. The number of rotatable bonds is 4. The minimum Gasteiger partial charge on any atom is -0.480 e. The van der Waals surface area contributed by atoms with Gasteiger partial charge in [-0.25, -0.2) is 13.4 Å². The van der Waals surface area contributed by atoms with Crippen LogP contribution in [0.5, 0.6) is 0 Å². The van der Waals surface area contributed by atoms with E-state index in [9.17, 15) is 18.3 Å². The lowest BCUT2D eigenvalue weighted by Crippen LogP contribution is -2.49. The Morgan fingerprint density at radius 2 is 2.03 bits per heavy atom. The van der Waals surface area contributed by atoms with Crippen molar-refractivity contribution in [2.75, 3.05) is 18.5 Å². The third-order valence-corrected chi connectivity index (χ3v) is 6.46. The first-order chi connectivity index (χ1) is 13.6. The summed E-state index contributed by atoms with van der Waals surface area (Å²) >= 11 is 0. The van der Waals surface area contributed by atoms with Gasteiger partial charge in [0.25, 0.3) is 0 Å². The Hall–Kier alpha value is -2.99. The number of piperidine rings is 1. The second-order valence-corrected chi connectivity index (χ2v) is 9.20. The molecule has 1 aliphatic heterocycles. The van der Waals surface area contributed by atoms with Gasteiger partial charge < -0.3 is 10.8 Å². The van der Waals surface area contributed by atoms with Crippen LogP contribution in [-0.4, -0.2) is 67.0 Å². The molecule has 29 heavy (non-hydrogen) atoms. The van der Waals surface area contributed by atoms with Crippen LogP contribution in [0.15, 0.2) is 24.7 Å². The lowest BCUT2D eigenvalue weighted by atomic mass is 9.91. The van der Waals surface area contributed by atoms with Crippen molar-refractivity contribution in [2.24, 2.45) is 7.05 Å². The van der Waals surface area contributed by atoms with E-state index >= 15 is 0 Å². The van der Waals surface area contributed by atoms with Crippen molar-refractivity contribution in [1.82, 2.24) is 28.7 Å². The third kappa shape index (κ3) is 3.44. The molecule has 0 aliphatic carbocycles. The summed E-state index contributed by atoms with van der Waals surface area (Å²) in [5, 5.41) is 17.8. The van der Waals surface area contributed by atoms with Crippen molar-refractivity contribution in [3.8, 4) is 11.1 Å². The topological polar surface area (TPSA) is 149 Å². The highest BCUT2D eigenvalue weighted by Gasteiger charge is 2.39. The van der Waals surface area contributed by atoms with Crippen LogP contribution in [0.25, 0.3) is 16.8 Å². The Morgan fingerprint density at radius 3 is 2.66 bits per heavy atom. The molecule has 1 fully saturated rings. The van der Waals surface area contributed by atoms with Gasteiger partial charge in [0.1, 0.15) is 11.9 Å². The molecule has 0 aromatic carbocycles. The van der Waals surface area contributed by atoms with Gasteiger partial charge in [-0.3, -0.25) is 9.48 Å². The predicted octanol–water partition coefficient (Wildman–Crippen LogP) is 0.304. The van der Waals surface area contributed by atoms with E-state index in [1.807, 2.05) is 13.2 Å². The van der Waals surface area contributed by atoms with Gasteiger partial charge in [0.2, 0.25) is 10.0 Å². The Morgan fingerprint density at radius 1 is 1.28 bits per heavy atom. The number of nitrogens with two attached hydrogens (primary N) is 1. The molecule has 4 heterocycles. The van der Waals surface area contributed by atoms with Crippen LogP contribution < -0.4 is 5.73 Å². The Labute approximate surface area is 166 Å². The zero-order valence-electron chi connectivity index (χ0n) is 15.9. The number of carboxylic acid groups (broad SMARTS) is 1. The summed E-state index contributed by atoms with van der Waals surface area (Å²) in [7, 11) is -1.88. The van der Waals surface area contributed by atoms with Crippen molar-refractivity contribution in [3.05, 3.63) is 30.4 Å². The highest BCUT2D eigenvalue weighted by molar-refractivity contribution is 7.88. The van der Waals surface area contributed by atoms with Crippen LogP contribution in [0, 0.1) is 0 Å². The van der Waals surface area contributed by atoms with Crippen LogP contribution in [-0.2, 0) is 21.9 Å². The maximum atomic E-state index is 12.2. The molecule has 1 aliphatic rings. The molecule has 12 heteroatoms. The standard InChI is InChI=1S/C17H21N7O4S/c1-22-8-11(6-19-22)12-7-20-24-15(18)5-13(21-16(12)24)10-3-4-14(17(25)26)23(9-10)29(2,27)28/h5-8,10,14H,3-4,9,18H2,1-2H3,(H,25,26). The molecule has 1 saturated heterocycles. The molecule has 0 saturated carbocycles. The molecular weight excluding hydrogens is 398 g/mol. The first kappa shape index (κ1) is 19.3. The minimum atomic E-state index is -3.69. The lowest BCUT2D eigenvalue weighted by Gasteiger charge is -2.35. The van der Waals surface area contributed by atoms with E-state index in [-0.39, 0.29) is 18.9 Å². The fraction of sp³-hybridized carbons (Fsp3) is 0.412. The van der Waals surface area contributed by atoms with Crippen LogP contribution in [0.1, 0.15) is 24.5 Å². The first-order valence-corrected chi connectivity index (χ1v) is 10.8. The Balaban J connectivity index is 1.75. The Kier molecular flexibility index (Phi) is 4.54. The molecule has 0 radical (unpaired) electrons. The second-order valence-electron chi connectivity index (χ2n) is 7.26. The van der Waals surface area contributed by atoms with E-state index in [2.05, 4.69) is 10.2 Å². The molecular formula is C17H21N7O4S. The molecule has 4 rings (SSSR count). The molecule has 3 N–H and O–H groups in total. The van der Waals surface area contributed by atoms with Gasteiger partial charge in [0.05, 0.1) is 24.3 Å². The first-order valence-electron chi connectivity index (χ1n) is 8.98. The molecule has 3 aromatic heterocycles. The summed E-state index contributed by atoms with van der Waals surface area (Å²) in [4.78, 5) is 16.2. The monoisotopic (exact) mass is 419 g/mol. The molecule has 154 valence electrons. The highest BCUT2D eigenvalue weighted by atomic mass is 32.2. The summed E-state index contributed by atoms with van der Waals surface area (Å²) in [5.41, 5.74) is 8.91. The van der Waals surface area contributed by atoms with Crippen molar-refractivity contribution in [3.63, 3.8) is 0 Å². The number of hydrogen-bond acceptors (Lipinski definition) is 7. The van der Waals surface area contributed by atoms with Gasteiger partial charge in [0, 0.05) is 42.9 Å². The molecule has 3 aromatic rings. The van der Waals surface area contributed by atoms with E-state index in [1.54, 1.807) is 23.1 Å². The SMILES string of the molecule is Cn1cc(-c2cnn3c(N)cc(C4CCC(C(=O)O)N(S(C)(=O)=O)C4)nc23)cn1. The van der Waals surface area contributed by atoms with Crippen LogP contribution in [0.4, 0.5) is 5.82 Å². The minimum absolute atomic E-state index is 0.0365. The summed E-state index contributed by atoms with van der Waals surface area (Å²) in [6.07, 6.45) is 6.91. The molecule has 0 amide bonds. The van der Waals surface area contributed by atoms with E-state index in [1.165, 1.54) is 4.52 Å². The molecule has 0 spiro atoms. The van der Waals surface area contributed by atoms with Crippen LogP contribution >= 0.6 is 0 Å². The fourth-order valence-electron chi connectivity index (χ4n) is 3.77. The number of hydrogen-bond donors (Lipinski definition) is 2. The maximum Gasteiger partial charge on any atom is 0.322 e. The van der Waals surface area contributed by atoms with E-state index in [0.717, 1.165) is 21.7 Å². The maximum absolute atomic E-state index is 12.2. The van der Waals surface area contributed by atoms with E-state index < -0.39 is 22.0 Å². The Bertz CT molecular complexity index is 1200. The second kappa shape index (κ2) is 6.81. The largest absolute Gasteiger partial charge is 0.480 e. The van der Waals surface area contributed by atoms with Crippen molar-refractivity contribution in [2.45, 2.75) is 24.8 Å². The number of fused-ring (bicyclic) bond motifs is 1. The highest BCUT2D eigenvalue weighted by Crippen LogP contribution is 2.33. The normalized spacial score (nSPS) is 20.9. The van der Waals surface area contributed by atoms with Crippen molar-refractivity contribution in [1.29, 1.82) is 0 Å². The van der Waals surface area contributed by atoms with Gasteiger partial charge in [-0.05, 0) is 12.8 Å². The lowest BCUT2D eigenvalue weighted by molar-refractivity contribution is -0.142. The molecule has 2 atom stereocenters.